The normalized spacial score (nSPS) is 11.0. The number of nitrogens with zero attached hydrogens (tertiary/aromatic N) is 2. The number of hydrogen-bond acceptors (Lipinski definition) is 5. The number of carbonyl (C=O) groups is 1. The van der Waals surface area contributed by atoms with Gasteiger partial charge in [0, 0.05) is 24.7 Å². The molecule has 0 fully saturated rings. The molecule has 6 heteroatoms. The number of hydrogen-bond donors (Lipinski definition) is 3. The van der Waals surface area contributed by atoms with Crippen molar-refractivity contribution < 1.29 is 4.79 Å². The van der Waals surface area contributed by atoms with E-state index in [9.17, 15) is 4.79 Å². The Bertz CT molecular complexity index is 386. The topological polar surface area (TPSA) is 92.9 Å². The predicted octanol–water partition coefficient (Wildman–Crippen LogP) is 0.775. The minimum absolute atomic E-state index is 0.00565. The molecule has 94 valence electrons. The van der Waals surface area contributed by atoms with Crippen LogP contribution in [0.3, 0.4) is 0 Å². The molecule has 0 saturated carbocycles. The van der Waals surface area contributed by atoms with Crippen molar-refractivity contribution in [1.29, 1.82) is 0 Å². The third kappa shape index (κ3) is 5.70. The second-order valence-electron chi connectivity index (χ2n) is 4.78. The fraction of sp³-hybridized carbons (Fsp3) is 0.545. The van der Waals surface area contributed by atoms with E-state index in [4.69, 9.17) is 5.73 Å². The van der Waals surface area contributed by atoms with Gasteiger partial charge >= 0.3 is 0 Å². The number of carbonyl (C=O) groups excluding carboxylic acids is 1. The van der Waals surface area contributed by atoms with Crippen molar-refractivity contribution >= 4 is 17.7 Å². The quantitative estimate of drug-likeness (QED) is 0.719. The molecule has 1 rings (SSSR count). The first-order valence-corrected chi connectivity index (χ1v) is 5.50. The molecule has 0 atom stereocenters. The summed E-state index contributed by atoms with van der Waals surface area (Å²) in [4.78, 5) is 19.4. The average molecular weight is 237 g/mol. The highest BCUT2D eigenvalue weighted by Crippen LogP contribution is 2.02. The fourth-order valence-electron chi connectivity index (χ4n) is 1.23. The first kappa shape index (κ1) is 13.2. The summed E-state index contributed by atoms with van der Waals surface area (Å²) in [5.74, 6) is 0.837. The van der Waals surface area contributed by atoms with E-state index in [-0.39, 0.29) is 11.4 Å². The van der Waals surface area contributed by atoms with Crippen molar-refractivity contribution in [2.75, 3.05) is 17.6 Å². The second-order valence-corrected chi connectivity index (χ2v) is 4.78. The molecule has 4 N–H and O–H groups in total. The molecule has 0 bridgehead atoms. The van der Waals surface area contributed by atoms with Crippen molar-refractivity contribution in [1.82, 2.24) is 15.3 Å². The molecule has 0 aliphatic heterocycles. The van der Waals surface area contributed by atoms with Crippen molar-refractivity contribution in [2.45, 2.75) is 32.7 Å². The first-order valence-electron chi connectivity index (χ1n) is 5.50. The van der Waals surface area contributed by atoms with E-state index in [1.807, 2.05) is 20.8 Å². The lowest BCUT2D eigenvalue weighted by Gasteiger charge is -2.20. The zero-order chi connectivity index (χ0) is 12.9. The minimum atomic E-state index is -0.204. The Balaban J connectivity index is 2.31. The van der Waals surface area contributed by atoms with Crippen LogP contribution in [0.15, 0.2) is 12.3 Å². The van der Waals surface area contributed by atoms with E-state index >= 15 is 0 Å². The number of nitrogens with one attached hydrogen (secondary N) is 2. The van der Waals surface area contributed by atoms with Crippen molar-refractivity contribution in [3.8, 4) is 0 Å². The molecule has 0 spiro atoms. The highest BCUT2D eigenvalue weighted by molar-refractivity contribution is 5.77. The Morgan fingerprint density at radius 3 is 2.76 bits per heavy atom. The third-order valence-electron chi connectivity index (χ3n) is 1.83. The van der Waals surface area contributed by atoms with Crippen LogP contribution in [0.1, 0.15) is 27.2 Å². The van der Waals surface area contributed by atoms with Gasteiger partial charge in [-0.05, 0) is 26.8 Å². The smallest absolute Gasteiger partial charge is 0.224 e. The Morgan fingerprint density at radius 1 is 1.47 bits per heavy atom. The Hall–Kier alpha value is -1.85. The summed E-state index contributed by atoms with van der Waals surface area (Å²) >= 11 is 0. The Morgan fingerprint density at radius 2 is 2.18 bits per heavy atom. The second kappa shape index (κ2) is 5.47. The van der Waals surface area contributed by atoms with E-state index in [2.05, 4.69) is 20.6 Å². The maximum Gasteiger partial charge on any atom is 0.224 e. The number of rotatable bonds is 4. The van der Waals surface area contributed by atoms with Gasteiger partial charge in [0.25, 0.3) is 0 Å². The number of aromatic nitrogens is 2. The third-order valence-corrected chi connectivity index (χ3v) is 1.83. The van der Waals surface area contributed by atoms with E-state index in [1.54, 1.807) is 12.3 Å². The summed E-state index contributed by atoms with van der Waals surface area (Å²) in [5.41, 5.74) is 5.30. The summed E-state index contributed by atoms with van der Waals surface area (Å²) in [5, 5.41) is 5.81. The van der Waals surface area contributed by atoms with Crippen LogP contribution >= 0.6 is 0 Å². The summed E-state index contributed by atoms with van der Waals surface area (Å²) in [6, 6.07) is 1.61. The molecule has 0 aliphatic carbocycles. The summed E-state index contributed by atoms with van der Waals surface area (Å²) in [7, 11) is 0. The van der Waals surface area contributed by atoms with Crippen molar-refractivity contribution in [3.05, 3.63) is 12.3 Å². The van der Waals surface area contributed by atoms with E-state index in [0.29, 0.717) is 24.7 Å². The Kier molecular flexibility index (Phi) is 4.25. The van der Waals surface area contributed by atoms with Gasteiger partial charge in [-0.15, -0.1) is 0 Å². The molecule has 1 aromatic heterocycles. The van der Waals surface area contributed by atoms with Gasteiger partial charge < -0.3 is 16.4 Å². The van der Waals surface area contributed by atoms with Crippen LogP contribution < -0.4 is 16.4 Å². The zero-order valence-corrected chi connectivity index (χ0v) is 10.4. The molecule has 17 heavy (non-hydrogen) atoms. The molecule has 0 saturated heterocycles. The van der Waals surface area contributed by atoms with Crippen LogP contribution in [-0.4, -0.2) is 28.0 Å². The lowest BCUT2D eigenvalue weighted by molar-refractivity contribution is -0.122. The monoisotopic (exact) mass is 237 g/mol. The maximum atomic E-state index is 11.5. The van der Waals surface area contributed by atoms with Gasteiger partial charge in [-0.25, -0.2) is 4.98 Å². The van der Waals surface area contributed by atoms with Gasteiger partial charge in [0.05, 0.1) is 0 Å². The van der Waals surface area contributed by atoms with Crippen molar-refractivity contribution in [2.24, 2.45) is 0 Å². The molecule has 0 aromatic carbocycles. The van der Waals surface area contributed by atoms with Gasteiger partial charge in [-0.3, -0.25) is 4.79 Å². The van der Waals surface area contributed by atoms with Crippen LogP contribution in [-0.2, 0) is 4.79 Å². The lowest BCUT2D eigenvalue weighted by atomic mass is 10.1. The minimum Gasteiger partial charge on any atom is -0.384 e. The molecule has 0 unspecified atom stereocenters. The summed E-state index contributed by atoms with van der Waals surface area (Å²) in [6.45, 7) is 6.31. The van der Waals surface area contributed by atoms with Crippen LogP contribution in [0, 0.1) is 0 Å². The highest BCUT2D eigenvalue weighted by atomic mass is 16.1. The number of nitrogens with two attached hydrogens (primary N) is 1. The average Bonchev–Trinajstić information content (AvgIpc) is 2.14. The van der Waals surface area contributed by atoms with Gasteiger partial charge in [-0.1, -0.05) is 0 Å². The lowest BCUT2D eigenvalue weighted by Crippen LogP contribution is -2.41. The van der Waals surface area contributed by atoms with Crippen molar-refractivity contribution in [3.63, 3.8) is 0 Å². The van der Waals surface area contributed by atoms with E-state index in [0.717, 1.165) is 0 Å². The van der Waals surface area contributed by atoms with Crippen LogP contribution in [0.25, 0.3) is 0 Å². The molecular formula is C11H19N5O. The fourth-order valence-corrected chi connectivity index (χ4v) is 1.23. The summed E-state index contributed by atoms with van der Waals surface area (Å²) in [6.07, 6.45) is 1.94. The SMILES string of the molecule is CC(C)(C)NC(=O)CCNc1nccc(N)n1. The van der Waals surface area contributed by atoms with Gasteiger partial charge in [0.2, 0.25) is 11.9 Å². The Labute approximate surface area is 101 Å². The first-order chi connectivity index (χ1) is 7.87. The molecule has 1 heterocycles. The molecule has 0 aliphatic rings. The predicted molar refractivity (Wildman–Crippen MR) is 67.4 cm³/mol. The molecule has 1 aromatic rings. The summed E-state index contributed by atoms with van der Waals surface area (Å²) < 4.78 is 0. The standard InChI is InChI=1S/C11H19N5O/c1-11(2,3)16-9(17)5-7-14-10-13-6-4-8(12)15-10/h4,6H,5,7H2,1-3H3,(H,16,17)(H3,12,13,14,15). The van der Waals surface area contributed by atoms with E-state index in [1.165, 1.54) is 0 Å². The number of amides is 1. The van der Waals surface area contributed by atoms with Gasteiger partial charge in [-0.2, -0.15) is 4.98 Å². The van der Waals surface area contributed by atoms with Crippen LogP contribution in [0.5, 0.6) is 0 Å². The highest BCUT2D eigenvalue weighted by Gasteiger charge is 2.12. The molecule has 0 radical (unpaired) electrons. The largest absolute Gasteiger partial charge is 0.384 e. The van der Waals surface area contributed by atoms with E-state index < -0.39 is 0 Å². The molecule has 6 nitrogen and oxygen atoms in total. The maximum absolute atomic E-state index is 11.5. The number of nitrogen functional groups attached to an aromatic ring is 1. The zero-order valence-electron chi connectivity index (χ0n) is 10.4. The molecule has 1 amide bonds. The van der Waals surface area contributed by atoms with Gasteiger partial charge in [0.1, 0.15) is 5.82 Å². The van der Waals surface area contributed by atoms with Gasteiger partial charge in [0.15, 0.2) is 0 Å². The number of anilines is 2. The molecular weight excluding hydrogens is 218 g/mol. The van der Waals surface area contributed by atoms with Crippen LogP contribution in [0.2, 0.25) is 0 Å². The van der Waals surface area contributed by atoms with Crippen LogP contribution in [0.4, 0.5) is 11.8 Å².